The van der Waals surface area contributed by atoms with Crippen molar-refractivity contribution in [3.8, 4) is 11.3 Å². The van der Waals surface area contributed by atoms with Gasteiger partial charge in [-0.25, -0.2) is 9.50 Å². The summed E-state index contributed by atoms with van der Waals surface area (Å²) in [7, 11) is 0. The second-order valence-electron chi connectivity index (χ2n) is 3.17. The minimum absolute atomic E-state index is 0.316. The van der Waals surface area contributed by atoms with E-state index in [0.717, 1.165) is 0 Å². The van der Waals surface area contributed by atoms with E-state index in [4.69, 9.17) is 0 Å². The summed E-state index contributed by atoms with van der Waals surface area (Å²) in [5, 5.41) is 10.7. The fraction of sp³-hybridized carbons (Fsp3) is 0.0833. The number of hydrogen-bond acceptors (Lipinski definition) is 1. The average Bonchev–Trinajstić information content (AvgIpc) is 2.30. The van der Waals surface area contributed by atoms with Gasteiger partial charge in [-0.3, -0.25) is 4.98 Å². The molecule has 0 bridgehead atoms. The Bertz CT molecular complexity index is 471. The van der Waals surface area contributed by atoms with Crippen LogP contribution in [-0.4, -0.2) is 4.98 Å². The molecule has 0 N–H and O–H groups in total. The molecular formula is C12H9FNO. The molecule has 15 heavy (non-hydrogen) atoms. The topological polar surface area (TPSA) is 32.8 Å². The normalized spacial score (nSPS) is 10.3. The lowest BCUT2D eigenvalue weighted by atomic mass is 10.1. The van der Waals surface area contributed by atoms with Crippen LogP contribution in [0.4, 0.5) is 4.39 Å². The summed E-state index contributed by atoms with van der Waals surface area (Å²) in [6, 6.07) is 9.64. The average molecular weight is 202 g/mol. The Balaban J connectivity index is 2.49. The lowest BCUT2D eigenvalue weighted by molar-refractivity contribution is 0.177. The van der Waals surface area contributed by atoms with Gasteiger partial charge in [0.15, 0.2) is 0 Å². The molecule has 0 spiro atoms. The van der Waals surface area contributed by atoms with Gasteiger partial charge in [-0.15, -0.1) is 0 Å². The van der Waals surface area contributed by atoms with Gasteiger partial charge in [-0.2, -0.15) is 0 Å². The van der Waals surface area contributed by atoms with Crippen molar-refractivity contribution in [3.05, 3.63) is 54.0 Å². The van der Waals surface area contributed by atoms with Crippen molar-refractivity contribution in [1.29, 1.82) is 0 Å². The van der Waals surface area contributed by atoms with Crippen LogP contribution in [0.15, 0.2) is 42.6 Å². The van der Waals surface area contributed by atoms with Crippen molar-refractivity contribution in [2.45, 2.75) is 6.61 Å². The fourth-order valence-electron chi connectivity index (χ4n) is 1.38. The molecule has 0 saturated heterocycles. The SMILES string of the molecule is [O]Cc1ccnc(-c2ccccc2F)c1. The Morgan fingerprint density at radius 1 is 1.20 bits per heavy atom. The quantitative estimate of drug-likeness (QED) is 0.737. The number of nitrogens with zero attached hydrogens (tertiary/aromatic N) is 1. The van der Waals surface area contributed by atoms with Crippen LogP contribution in [0.2, 0.25) is 0 Å². The van der Waals surface area contributed by atoms with E-state index in [0.29, 0.717) is 16.8 Å². The molecule has 3 heteroatoms. The number of pyridine rings is 1. The molecule has 0 saturated carbocycles. The third kappa shape index (κ3) is 2.02. The molecule has 1 heterocycles. The minimum Gasteiger partial charge on any atom is -0.256 e. The zero-order valence-electron chi connectivity index (χ0n) is 7.98. The van der Waals surface area contributed by atoms with Crippen LogP contribution in [0, 0.1) is 5.82 Å². The van der Waals surface area contributed by atoms with Crippen molar-refractivity contribution in [2.75, 3.05) is 0 Å². The molecule has 1 aromatic heterocycles. The molecule has 1 aromatic carbocycles. The predicted octanol–water partition coefficient (Wildman–Crippen LogP) is 2.82. The van der Waals surface area contributed by atoms with Crippen molar-refractivity contribution in [3.63, 3.8) is 0 Å². The Kier molecular flexibility index (Phi) is 2.74. The summed E-state index contributed by atoms with van der Waals surface area (Å²) in [4.78, 5) is 4.04. The van der Waals surface area contributed by atoms with Crippen LogP contribution in [0.3, 0.4) is 0 Å². The summed E-state index contributed by atoms with van der Waals surface area (Å²) in [5.74, 6) is -0.326. The van der Waals surface area contributed by atoms with E-state index in [2.05, 4.69) is 4.98 Å². The highest BCUT2D eigenvalue weighted by molar-refractivity contribution is 5.60. The Labute approximate surface area is 87.0 Å². The maximum atomic E-state index is 13.4. The Morgan fingerprint density at radius 3 is 2.73 bits per heavy atom. The standard InChI is InChI=1S/C12H9FNO/c13-11-4-2-1-3-10(11)12-7-9(8-15)5-6-14-12/h1-7H,8H2. The van der Waals surface area contributed by atoms with E-state index in [1.54, 1.807) is 30.3 Å². The smallest absolute Gasteiger partial charge is 0.132 e. The predicted molar refractivity (Wildman–Crippen MR) is 54.0 cm³/mol. The molecular weight excluding hydrogens is 193 g/mol. The first-order valence-electron chi connectivity index (χ1n) is 4.59. The van der Waals surface area contributed by atoms with Gasteiger partial charge >= 0.3 is 0 Å². The van der Waals surface area contributed by atoms with E-state index in [1.165, 1.54) is 12.3 Å². The van der Waals surface area contributed by atoms with Gasteiger partial charge < -0.3 is 0 Å². The number of rotatable bonds is 2. The molecule has 2 nitrogen and oxygen atoms in total. The van der Waals surface area contributed by atoms with E-state index in [-0.39, 0.29) is 12.4 Å². The van der Waals surface area contributed by atoms with Crippen molar-refractivity contribution >= 4 is 0 Å². The molecule has 2 rings (SSSR count). The van der Waals surface area contributed by atoms with Crippen LogP contribution in [-0.2, 0) is 11.7 Å². The van der Waals surface area contributed by atoms with Crippen LogP contribution >= 0.6 is 0 Å². The van der Waals surface area contributed by atoms with Crippen molar-refractivity contribution in [2.24, 2.45) is 0 Å². The van der Waals surface area contributed by atoms with Gasteiger partial charge in [0.2, 0.25) is 0 Å². The van der Waals surface area contributed by atoms with Crippen molar-refractivity contribution < 1.29 is 9.50 Å². The van der Waals surface area contributed by atoms with Gasteiger partial charge in [0.05, 0.1) is 5.69 Å². The van der Waals surface area contributed by atoms with Crippen LogP contribution in [0.5, 0.6) is 0 Å². The summed E-state index contributed by atoms with van der Waals surface area (Å²) in [6.07, 6.45) is 1.52. The first kappa shape index (κ1) is 9.80. The Morgan fingerprint density at radius 2 is 2.00 bits per heavy atom. The maximum Gasteiger partial charge on any atom is 0.132 e. The Hall–Kier alpha value is -1.74. The summed E-state index contributed by atoms with van der Waals surface area (Å²) < 4.78 is 13.4. The highest BCUT2D eigenvalue weighted by Gasteiger charge is 2.05. The molecule has 0 aliphatic heterocycles. The summed E-state index contributed by atoms with van der Waals surface area (Å²) >= 11 is 0. The van der Waals surface area contributed by atoms with E-state index in [1.807, 2.05) is 0 Å². The van der Waals surface area contributed by atoms with Gasteiger partial charge in [0.1, 0.15) is 12.4 Å². The zero-order valence-corrected chi connectivity index (χ0v) is 7.98. The van der Waals surface area contributed by atoms with Crippen molar-refractivity contribution in [1.82, 2.24) is 4.98 Å². The second kappa shape index (κ2) is 4.19. The number of halogens is 1. The third-order valence-corrected chi connectivity index (χ3v) is 2.14. The number of benzene rings is 1. The molecule has 0 fully saturated rings. The molecule has 1 radical (unpaired) electrons. The van der Waals surface area contributed by atoms with Crippen LogP contribution < -0.4 is 0 Å². The molecule has 0 atom stereocenters. The first-order valence-corrected chi connectivity index (χ1v) is 4.59. The first-order chi connectivity index (χ1) is 7.31. The number of aromatic nitrogens is 1. The third-order valence-electron chi connectivity index (χ3n) is 2.14. The molecule has 0 aliphatic rings. The number of hydrogen-bond donors (Lipinski definition) is 0. The van der Waals surface area contributed by atoms with E-state index >= 15 is 0 Å². The molecule has 0 unspecified atom stereocenters. The minimum atomic E-state index is -0.326. The lowest BCUT2D eigenvalue weighted by Crippen LogP contribution is -1.89. The molecule has 75 valence electrons. The molecule has 2 aromatic rings. The van der Waals surface area contributed by atoms with E-state index < -0.39 is 0 Å². The van der Waals surface area contributed by atoms with Crippen LogP contribution in [0.1, 0.15) is 5.56 Å². The largest absolute Gasteiger partial charge is 0.256 e. The van der Waals surface area contributed by atoms with Crippen LogP contribution in [0.25, 0.3) is 11.3 Å². The lowest BCUT2D eigenvalue weighted by Gasteiger charge is -2.03. The monoisotopic (exact) mass is 202 g/mol. The summed E-state index contributed by atoms with van der Waals surface area (Å²) in [5.41, 5.74) is 1.54. The van der Waals surface area contributed by atoms with Gasteiger partial charge in [-0.05, 0) is 29.8 Å². The highest BCUT2D eigenvalue weighted by atomic mass is 19.1. The maximum absolute atomic E-state index is 13.4. The molecule has 0 aliphatic carbocycles. The van der Waals surface area contributed by atoms with Gasteiger partial charge in [-0.1, -0.05) is 12.1 Å². The zero-order chi connectivity index (χ0) is 10.7. The van der Waals surface area contributed by atoms with Gasteiger partial charge in [0.25, 0.3) is 0 Å². The van der Waals surface area contributed by atoms with E-state index in [9.17, 15) is 9.50 Å². The molecule has 0 amide bonds. The summed E-state index contributed by atoms with van der Waals surface area (Å²) in [6.45, 7) is -0.316. The fourth-order valence-corrected chi connectivity index (χ4v) is 1.38. The highest BCUT2D eigenvalue weighted by Crippen LogP contribution is 2.20. The second-order valence-corrected chi connectivity index (χ2v) is 3.17. The van der Waals surface area contributed by atoms with Gasteiger partial charge in [0, 0.05) is 11.8 Å².